The van der Waals surface area contributed by atoms with E-state index in [-0.39, 0.29) is 6.04 Å². The Morgan fingerprint density at radius 3 is 2.62 bits per heavy atom. The number of likely N-dealkylation sites (N-methyl/N-ethyl adjacent to an activating group) is 1. The van der Waals surface area contributed by atoms with Gasteiger partial charge in [-0.1, -0.05) is 19.1 Å². The number of aryl methyl sites for hydroxylation is 1. The number of nitrogens with one attached hydrogen (secondary N) is 1. The zero-order valence-electron chi connectivity index (χ0n) is 13.2. The fourth-order valence-corrected chi connectivity index (χ4v) is 2.48. The average Bonchev–Trinajstić information content (AvgIpc) is 2.94. The Morgan fingerprint density at radius 1 is 1.24 bits per heavy atom. The van der Waals surface area contributed by atoms with Crippen LogP contribution in [-0.4, -0.2) is 23.2 Å². The maximum absolute atomic E-state index is 5.50. The van der Waals surface area contributed by atoms with E-state index in [0.717, 1.165) is 31.0 Å². The second-order valence-corrected chi connectivity index (χ2v) is 5.09. The third-order valence-corrected chi connectivity index (χ3v) is 3.60. The standard InChI is InChI=1S/C17H25N3O/c1-4-6-17-19-11-12-20(17)13-16(18-3)14-7-9-15(10-8-14)21-5-2/h7-12,16,18H,4-6,13H2,1-3H3. The summed E-state index contributed by atoms with van der Waals surface area (Å²) in [7, 11) is 2.00. The molecule has 1 heterocycles. The van der Waals surface area contributed by atoms with Gasteiger partial charge in [-0.3, -0.25) is 0 Å². The van der Waals surface area contributed by atoms with Crippen LogP contribution in [0.3, 0.4) is 0 Å². The lowest BCUT2D eigenvalue weighted by Gasteiger charge is -2.19. The molecule has 0 saturated carbocycles. The molecular weight excluding hydrogens is 262 g/mol. The fraction of sp³-hybridized carbons (Fsp3) is 0.471. The molecule has 1 aromatic heterocycles. The van der Waals surface area contributed by atoms with E-state index in [0.29, 0.717) is 6.61 Å². The van der Waals surface area contributed by atoms with Crippen LogP contribution in [0.25, 0.3) is 0 Å². The molecule has 1 N–H and O–H groups in total. The predicted molar refractivity (Wildman–Crippen MR) is 85.6 cm³/mol. The van der Waals surface area contributed by atoms with E-state index in [9.17, 15) is 0 Å². The Hall–Kier alpha value is -1.81. The first kappa shape index (κ1) is 15.6. The van der Waals surface area contributed by atoms with Crippen molar-refractivity contribution in [2.75, 3.05) is 13.7 Å². The van der Waals surface area contributed by atoms with Crippen molar-refractivity contribution in [1.29, 1.82) is 0 Å². The first-order valence-electron chi connectivity index (χ1n) is 7.68. The maximum atomic E-state index is 5.50. The fourth-order valence-electron chi connectivity index (χ4n) is 2.48. The van der Waals surface area contributed by atoms with Crippen LogP contribution in [0.4, 0.5) is 0 Å². The van der Waals surface area contributed by atoms with Gasteiger partial charge in [0.2, 0.25) is 0 Å². The van der Waals surface area contributed by atoms with Crippen LogP contribution in [0.5, 0.6) is 5.75 Å². The normalized spacial score (nSPS) is 12.3. The summed E-state index contributed by atoms with van der Waals surface area (Å²) in [5.74, 6) is 2.08. The number of nitrogens with zero attached hydrogens (tertiary/aromatic N) is 2. The minimum atomic E-state index is 0.269. The van der Waals surface area contributed by atoms with Gasteiger partial charge in [-0.05, 0) is 38.1 Å². The van der Waals surface area contributed by atoms with E-state index in [1.807, 2.05) is 32.3 Å². The molecule has 1 aromatic carbocycles. The predicted octanol–water partition coefficient (Wildman–Crippen LogP) is 3.20. The Morgan fingerprint density at radius 2 is 2.00 bits per heavy atom. The summed E-state index contributed by atoms with van der Waals surface area (Å²) in [5, 5.41) is 3.39. The highest BCUT2D eigenvalue weighted by molar-refractivity contribution is 5.29. The van der Waals surface area contributed by atoms with E-state index in [4.69, 9.17) is 4.74 Å². The van der Waals surface area contributed by atoms with Crippen molar-refractivity contribution in [2.45, 2.75) is 39.3 Å². The third-order valence-electron chi connectivity index (χ3n) is 3.60. The van der Waals surface area contributed by atoms with E-state index in [2.05, 4.69) is 40.1 Å². The Bertz CT molecular complexity index is 533. The van der Waals surface area contributed by atoms with Crippen LogP contribution in [0, 0.1) is 0 Å². The molecule has 0 aliphatic rings. The van der Waals surface area contributed by atoms with Gasteiger partial charge in [0.15, 0.2) is 0 Å². The number of benzene rings is 1. The zero-order chi connectivity index (χ0) is 15.1. The number of hydrogen-bond donors (Lipinski definition) is 1. The smallest absolute Gasteiger partial charge is 0.119 e. The second kappa shape index (κ2) is 7.84. The van der Waals surface area contributed by atoms with Gasteiger partial charge in [0.05, 0.1) is 6.61 Å². The molecule has 114 valence electrons. The summed E-state index contributed by atoms with van der Waals surface area (Å²) in [5.41, 5.74) is 1.26. The summed E-state index contributed by atoms with van der Waals surface area (Å²) in [6.45, 7) is 5.77. The van der Waals surface area contributed by atoms with Gasteiger partial charge in [-0.2, -0.15) is 0 Å². The van der Waals surface area contributed by atoms with E-state index in [1.165, 1.54) is 5.56 Å². The Balaban J connectivity index is 2.10. The van der Waals surface area contributed by atoms with Gasteiger partial charge in [-0.15, -0.1) is 0 Å². The number of hydrogen-bond acceptors (Lipinski definition) is 3. The highest BCUT2D eigenvalue weighted by Crippen LogP contribution is 2.20. The Labute approximate surface area is 127 Å². The summed E-state index contributed by atoms with van der Waals surface area (Å²) >= 11 is 0. The van der Waals surface area contributed by atoms with Crippen molar-refractivity contribution in [3.63, 3.8) is 0 Å². The molecule has 0 spiro atoms. The lowest BCUT2D eigenvalue weighted by atomic mass is 10.1. The largest absolute Gasteiger partial charge is 0.494 e. The molecule has 0 bridgehead atoms. The molecule has 2 aromatic rings. The van der Waals surface area contributed by atoms with Crippen LogP contribution < -0.4 is 10.1 Å². The van der Waals surface area contributed by atoms with Crippen molar-refractivity contribution in [2.24, 2.45) is 0 Å². The minimum absolute atomic E-state index is 0.269. The maximum Gasteiger partial charge on any atom is 0.119 e. The first-order valence-corrected chi connectivity index (χ1v) is 7.68. The van der Waals surface area contributed by atoms with Crippen LogP contribution >= 0.6 is 0 Å². The number of rotatable bonds is 8. The highest BCUT2D eigenvalue weighted by atomic mass is 16.5. The average molecular weight is 287 g/mol. The lowest BCUT2D eigenvalue weighted by Crippen LogP contribution is -2.22. The van der Waals surface area contributed by atoms with Gasteiger partial charge in [0.25, 0.3) is 0 Å². The minimum Gasteiger partial charge on any atom is -0.494 e. The first-order chi connectivity index (χ1) is 10.3. The van der Waals surface area contributed by atoms with Crippen LogP contribution in [0.1, 0.15) is 37.7 Å². The van der Waals surface area contributed by atoms with Gasteiger partial charge in [-0.25, -0.2) is 4.98 Å². The van der Waals surface area contributed by atoms with Gasteiger partial charge in [0.1, 0.15) is 11.6 Å². The second-order valence-electron chi connectivity index (χ2n) is 5.09. The molecule has 0 fully saturated rings. The molecule has 1 atom stereocenters. The van der Waals surface area contributed by atoms with Crippen molar-refractivity contribution >= 4 is 0 Å². The molecule has 4 heteroatoms. The zero-order valence-corrected chi connectivity index (χ0v) is 13.2. The van der Waals surface area contributed by atoms with Crippen molar-refractivity contribution < 1.29 is 4.74 Å². The van der Waals surface area contributed by atoms with Crippen molar-refractivity contribution in [3.8, 4) is 5.75 Å². The molecule has 1 unspecified atom stereocenters. The quantitative estimate of drug-likeness (QED) is 0.810. The van der Waals surface area contributed by atoms with Crippen molar-refractivity contribution in [1.82, 2.24) is 14.9 Å². The molecule has 2 rings (SSSR count). The van der Waals surface area contributed by atoms with Gasteiger partial charge >= 0.3 is 0 Å². The summed E-state index contributed by atoms with van der Waals surface area (Å²) in [4.78, 5) is 4.44. The van der Waals surface area contributed by atoms with Gasteiger partial charge in [0, 0.05) is 31.4 Å². The summed E-state index contributed by atoms with van der Waals surface area (Å²) in [6.07, 6.45) is 6.08. The molecule has 4 nitrogen and oxygen atoms in total. The molecule has 21 heavy (non-hydrogen) atoms. The van der Waals surface area contributed by atoms with E-state index < -0.39 is 0 Å². The molecule has 0 amide bonds. The van der Waals surface area contributed by atoms with Crippen LogP contribution in [0.2, 0.25) is 0 Å². The summed E-state index contributed by atoms with van der Waals surface area (Å²) in [6, 6.07) is 8.59. The van der Waals surface area contributed by atoms with Crippen LogP contribution in [0.15, 0.2) is 36.7 Å². The van der Waals surface area contributed by atoms with Crippen LogP contribution in [-0.2, 0) is 13.0 Å². The molecule has 0 aliphatic heterocycles. The molecule has 0 saturated heterocycles. The third kappa shape index (κ3) is 4.08. The number of ether oxygens (including phenoxy) is 1. The molecule has 0 aliphatic carbocycles. The summed E-state index contributed by atoms with van der Waals surface area (Å²) < 4.78 is 7.73. The monoisotopic (exact) mass is 287 g/mol. The SMILES string of the molecule is CCCc1nccn1CC(NC)c1ccc(OCC)cc1. The number of aromatic nitrogens is 2. The van der Waals surface area contributed by atoms with E-state index in [1.54, 1.807) is 0 Å². The highest BCUT2D eigenvalue weighted by Gasteiger charge is 2.12. The lowest BCUT2D eigenvalue weighted by molar-refractivity contribution is 0.340. The van der Waals surface area contributed by atoms with E-state index >= 15 is 0 Å². The molecule has 0 radical (unpaired) electrons. The Kier molecular flexibility index (Phi) is 5.81. The number of imidazole rings is 1. The topological polar surface area (TPSA) is 39.1 Å². The van der Waals surface area contributed by atoms with Gasteiger partial charge < -0.3 is 14.6 Å². The molecular formula is C17H25N3O. The van der Waals surface area contributed by atoms with Crippen molar-refractivity contribution in [3.05, 3.63) is 48.0 Å².